The Morgan fingerprint density at radius 2 is 1.94 bits per heavy atom. The Kier molecular flexibility index (Phi) is 6.69. The van der Waals surface area contributed by atoms with Crippen LogP contribution in [0.1, 0.15) is 18.4 Å². The minimum Gasteiger partial charge on any atom is -0.493 e. The Hall–Kier alpha value is -3.51. The molecule has 0 unspecified atom stereocenters. The molecule has 2 aromatic heterocycles. The van der Waals surface area contributed by atoms with E-state index >= 15 is 0 Å². The molecule has 1 amide bonds. The highest BCUT2D eigenvalue weighted by Gasteiger charge is 2.09. The van der Waals surface area contributed by atoms with Crippen LogP contribution in [0.3, 0.4) is 0 Å². The van der Waals surface area contributed by atoms with Crippen LogP contribution in [0.5, 0.6) is 5.75 Å². The summed E-state index contributed by atoms with van der Waals surface area (Å²) in [5, 5.41) is 5.91. The van der Waals surface area contributed by atoms with Gasteiger partial charge >= 0.3 is 0 Å². The molecule has 2 aromatic carbocycles. The number of ether oxygens (including phenoxy) is 1. The van der Waals surface area contributed by atoms with Crippen LogP contribution in [0, 0.1) is 6.92 Å². The number of benzene rings is 2. The second-order valence-corrected chi connectivity index (χ2v) is 7.98. The third-order valence-corrected chi connectivity index (χ3v) is 5.65. The Morgan fingerprint density at radius 3 is 2.77 bits per heavy atom. The highest BCUT2D eigenvalue weighted by molar-refractivity contribution is 7.13. The van der Waals surface area contributed by atoms with Crippen LogP contribution in [0.15, 0.2) is 78.4 Å². The SMILES string of the molecule is Cc1ccccc1OCCCC(=O)Nc1cccc(-c2csc(-c3cccnc3)n2)c1. The molecule has 0 aliphatic rings. The van der Waals surface area contributed by atoms with Crippen molar-refractivity contribution in [3.63, 3.8) is 0 Å². The molecule has 0 aliphatic heterocycles. The number of amides is 1. The van der Waals surface area contributed by atoms with E-state index in [1.165, 1.54) is 0 Å². The van der Waals surface area contributed by atoms with Crippen LogP contribution in [-0.4, -0.2) is 22.5 Å². The molecule has 1 N–H and O–H groups in total. The maximum absolute atomic E-state index is 12.3. The number of aryl methyl sites for hydroxylation is 1. The fourth-order valence-electron chi connectivity index (χ4n) is 3.14. The number of hydrogen-bond acceptors (Lipinski definition) is 5. The topological polar surface area (TPSA) is 64.1 Å². The Labute approximate surface area is 185 Å². The molecule has 0 saturated carbocycles. The predicted octanol–water partition coefficient (Wildman–Crippen LogP) is 5.98. The van der Waals surface area contributed by atoms with Crippen molar-refractivity contribution >= 4 is 22.9 Å². The van der Waals surface area contributed by atoms with E-state index in [0.29, 0.717) is 19.4 Å². The van der Waals surface area contributed by atoms with E-state index in [9.17, 15) is 4.79 Å². The van der Waals surface area contributed by atoms with E-state index in [0.717, 1.165) is 38.8 Å². The molecule has 31 heavy (non-hydrogen) atoms. The highest BCUT2D eigenvalue weighted by atomic mass is 32.1. The van der Waals surface area contributed by atoms with E-state index in [1.54, 1.807) is 17.5 Å². The summed E-state index contributed by atoms with van der Waals surface area (Å²) < 4.78 is 5.76. The van der Waals surface area contributed by atoms with Crippen molar-refractivity contribution < 1.29 is 9.53 Å². The number of nitrogens with zero attached hydrogens (tertiary/aromatic N) is 2. The molecule has 4 rings (SSSR count). The number of rotatable bonds is 8. The molecule has 156 valence electrons. The van der Waals surface area contributed by atoms with Crippen LogP contribution < -0.4 is 10.1 Å². The molecule has 0 saturated heterocycles. The third-order valence-electron chi connectivity index (χ3n) is 4.75. The minimum absolute atomic E-state index is 0.0279. The molecule has 0 fully saturated rings. The first-order chi connectivity index (χ1) is 15.2. The Balaban J connectivity index is 1.32. The van der Waals surface area contributed by atoms with E-state index in [1.807, 2.05) is 79.2 Å². The summed E-state index contributed by atoms with van der Waals surface area (Å²) in [7, 11) is 0. The zero-order chi connectivity index (χ0) is 21.5. The number of para-hydroxylation sites is 1. The Morgan fingerprint density at radius 1 is 1.06 bits per heavy atom. The molecule has 4 aromatic rings. The molecule has 0 aliphatic carbocycles. The van der Waals surface area contributed by atoms with Crippen molar-refractivity contribution in [3.05, 3.63) is 84.0 Å². The summed E-state index contributed by atoms with van der Waals surface area (Å²) in [6.07, 6.45) is 4.61. The van der Waals surface area contributed by atoms with Gasteiger partial charge in [0.25, 0.3) is 0 Å². The van der Waals surface area contributed by atoms with Gasteiger partial charge in [0, 0.05) is 41.0 Å². The molecule has 6 heteroatoms. The molecule has 5 nitrogen and oxygen atoms in total. The van der Waals surface area contributed by atoms with Gasteiger partial charge in [-0.3, -0.25) is 9.78 Å². The van der Waals surface area contributed by atoms with Crippen molar-refractivity contribution in [1.82, 2.24) is 9.97 Å². The molecular formula is C25H23N3O2S. The van der Waals surface area contributed by atoms with E-state index in [2.05, 4.69) is 10.3 Å². The second-order valence-electron chi connectivity index (χ2n) is 7.13. The summed E-state index contributed by atoms with van der Waals surface area (Å²) in [5.41, 5.74) is 4.70. The van der Waals surface area contributed by atoms with Gasteiger partial charge in [-0.25, -0.2) is 4.98 Å². The lowest BCUT2D eigenvalue weighted by Gasteiger charge is -2.09. The lowest BCUT2D eigenvalue weighted by atomic mass is 10.1. The van der Waals surface area contributed by atoms with Crippen molar-refractivity contribution in [2.75, 3.05) is 11.9 Å². The van der Waals surface area contributed by atoms with E-state index < -0.39 is 0 Å². The zero-order valence-corrected chi connectivity index (χ0v) is 18.1. The number of carbonyl (C=O) groups is 1. The van der Waals surface area contributed by atoms with Crippen LogP contribution in [0.25, 0.3) is 21.8 Å². The lowest BCUT2D eigenvalue weighted by Crippen LogP contribution is -2.13. The number of hydrogen-bond donors (Lipinski definition) is 1. The molecule has 0 spiro atoms. The number of pyridine rings is 1. The monoisotopic (exact) mass is 429 g/mol. The Bertz CT molecular complexity index is 1160. The summed E-state index contributed by atoms with van der Waals surface area (Å²) in [4.78, 5) is 21.2. The number of anilines is 1. The van der Waals surface area contributed by atoms with Gasteiger partial charge in [0.1, 0.15) is 10.8 Å². The summed E-state index contributed by atoms with van der Waals surface area (Å²) in [6, 6.07) is 19.5. The van der Waals surface area contributed by atoms with Gasteiger partial charge < -0.3 is 10.1 Å². The van der Waals surface area contributed by atoms with Gasteiger partial charge in [-0.2, -0.15) is 0 Å². The van der Waals surface area contributed by atoms with Crippen molar-refractivity contribution in [3.8, 4) is 27.6 Å². The van der Waals surface area contributed by atoms with E-state index in [4.69, 9.17) is 9.72 Å². The van der Waals surface area contributed by atoms with Crippen LogP contribution >= 0.6 is 11.3 Å². The lowest BCUT2D eigenvalue weighted by molar-refractivity contribution is -0.116. The van der Waals surface area contributed by atoms with Crippen molar-refractivity contribution in [2.45, 2.75) is 19.8 Å². The first-order valence-corrected chi connectivity index (χ1v) is 11.0. The first kappa shape index (κ1) is 20.8. The van der Waals surface area contributed by atoms with Gasteiger partial charge in [-0.1, -0.05) is 30.3 Å². The molecule has 0 atom stereocenters. The molecule has 0 radical (unpaired) electrons. The number of thiazole rings is 1. The summed E-state index contributed by atoms with van der Waals surface area (Å²) >= 11 is 1.58. The van der Waals surface area contributed by atoms with Gasteiger partial charge in [-0.15, -0.1) is 11.3 Å². The van der Waals surface area contributed by atoms with Crippen molar-refractivity contribution in [1.29, 1.82) is 0 Å². The average Bonchev–Trinajstić information content (AvgIpc) is 3.29. The molecule has 2 heterocycles. The first-order valence-electron chi connectivity index (χ1n) is 10.1. The van der Waals surface area contributed by atoms with Gasteiger partial charge in [0.05, 0.1) is 12.3 Å². The van der Waals surface area contributed by atoms with Crippen LogP contribution in [-0.2, 0) is 4.79 Å². The largest absolute Gasteiger partial charge is 0.493 e. The molecule has 0 bridgehead atoms. The second kappa shape index (κ2) is 10.00. The van der Waals surface area contributed by atoms with Crippen LogP contribution in [0.2, 0.25) is 0 Å². The van der Waals surface area contributed by atoms with Crippen LogP contribution in [0.4, 0.5) is 5.69 Å². The fourth-order valence-corrected chi connectivity index (χ4v) is 3.96. The normalized spacial score (nSPS) is 10.6. The number of aromatic nitrogens is 2. The standard InChI is InChI=1S/C25H23N3O2S/c1-18-7-2-3-11-23(18)30-14-6-12-24(29)27-21-10-4-8-19(15-21)22-17-31-25(28-22)20-9-5-13-26-16-20/h2-5,7-11,13,15-17H,6,12,14H2,1H3,(H,27,29). The van der Waals surface area contributed by atoms with Crippen molar-refractivity contribution in [2.24, 2.45) is 0 Å². The van der Waals surface area contributed by atoms with Gasteiger partial charge in [0.2, 0.25) is 5.91 Å². The highest BCUT2D eigenvalue weighted by Crippen LogP contribution is 2.29. The fraction of sp³-hybridized carbons (Fsp3) is 0.160. The number of nitrogens with one attached hydrogen (secondary N) is 1. The smallest absolute Gasteiger partial charge is 0.224 e. The summed E-state index contributed by atoms with van der Waals surface area (Å²) in [6.45, 7) is 2.52. The third kappa shape index (κ3) is 5.55. The average molecular weight is 430 g/mol. The molecular weight excluding hydrogens is 406 g/mol. The quantitative estimate of drug-likeness (QED) is 0.350. The minimum atomic E-state index is -0.0279. The maximum atomic E-state index is 12.3. The maximum Gasteiger partial charge on any atom is 0.224 e. The van der Waals surface area contributed by atoms with Gasteiger partial charge in [0.15, 0.2) is 0 Å². The summed E-state index contributed by atoms with van der Waals surface area (Å²) in [5.74, 6) is 0.837. The van der Waals surface area contributed by atoms with E-state index in [-0.39, 0.29) is 5.91 Å². The van der Waals surface area contributed by atoms with Gasteiger partial charge in [-0.05, 0) is 49.2 Å². The predicted molar refractivity (Wildman–Crippen MR) is 125 cm³/mol. The zero-order valence-electron chi connectivity index (χ0n) is 17.2. The number of carbonyl (C=O) groups excluding carboxylic acids is 1.